The van der Waals surface area contributed by atoms with Crippen molar-refractivity contribution in [1.82, 2.24) is 0 Å². The van der Waals surface area contributed by atoms with Gasteiger partial charge in [-0.15, -0.1) is 0 Å². The quantitative estimate of drug-likeness (QED) is 0.221. The molecule has 4 saturated carbocycles. The summed E-state index contributed by atoms with van der Waals surface area (Å²) in [5.74, 6) is 2.14. The Morgan fingerprint density at radius 3 is 0.923 bits per heavy atom. The zero-order valence-electron chi connectivity index (χ0n) is 26.6. The molecular formula is C32H62N6Zr. The predicted molar refractivity (Wildman–Crippen MR) is 171 cm³/mol. The zero-order chi connectivity index (χ0) is 27.8. The molecule has 0 unspecified atom stereocenters. The molecule has 6 nitrogen and oxygen atoms in total. The Hall–Kier alpha value is -0.257. The summed E-state index contributed by atoms with van der Waals surface area (Å²) in [5.41, 5.74) is 0. The molecule has 0 N–H and O–H groups in total. The molecule has 0 aliphatic heterocycles. The molecule has 0 aromatic rings. The van der Waals surface area contributed by atoms with Gasteiger partial charge in [-0.3, -0.25) is 0 Å². The van der Waals surface area contributed by atoms with Crippen LogP contribution < -0.4 is 0 Å². The molecule has 0 aromatic carbocycles. The van der Waals surface area contributed by atoms with Gasteiger partial charge < -0.3 is 31.3 Å². The molecule has 0 radical (unpaired) electrons. The van der Waals surface area contributed by atoms with Gasteiger partial charge in [0.1, 0.15) is 0 Å². The minimum absolute atomic E-state index is 0. The van der Waals surface area contributed by atoms with Gasteiger partial charge in [0.15, 0.2) is 0 Å². The van der Waals surface area contributed by atoms with Crippen molar-refractivity contribution in [3.63, 3.8) is 0 Å². The number of amidine groups is 2. The molecule has 4 rings (SSSR count). The summed E-state index contributed by atoms with van der Waals surface area (Å²) >= 11 is 0. The second-order valence-electron chi connectivity index (χ2n) is 11.7. The maximum absolute atomic E-state index is 4.78. The fraction of sp³-hybridized carbons (Fsp3) is 0.938. The Labute approximate surface area is 262 Å². The van der Waals surface area contributed by atoms with E-state index in [9.17, 15) is 0 Å². The van der Waals surface area contributed by atoms with E-state index in [0.29, 0.717) is 24.2 Å². The van der Waals surface area contributed by atoms with Crippen molar-refractivity contribution in [2.45, 2.75) is 166 Å². The van der Waals surface area contributed by atoms with Crippen molar-refractivity contribution < 1.29 is 26.2 Å². The number of nitrogens with zero attached hydrogens (tertiary/aromatic N) is 6. The molecule has 0 spiro atoms. The van der Waals surface area contributed by atoms with E-state index < -0.39 is 0 Å². The van der Waals surface area contributed by atoms with Crippen LogP contribution >= 0.6 is 0 Å². The molecule has 4 aliphatic carbocycles. The monoisotopic (exact) mass is 620 g/mol. The van der Waals surface area contributed by atoms with Crippen LogP contribution in [0.15, 0.2) is 9.98 Å². The first-order chi connectivity index (χ1) is 18.5. The fourth-order valence-corrected chi connectivity index (χ4v) is 5.96. The maximum atomic E-state index is 4.78. The normalized spacial score (nSPS) is 22.0. The number of rotatable bonds is 4. The van der Waals surface area contributed by atoms with Gasteiger partial charge in [-0.05, 0) is 38.0 Å². The summed E-state index contributed by atoms with van der Waals surface area (Å²) in [4.78, 5) is 9.56. The molecule has 0 bridgehead atoms. The van der Waals surface area contributed by atoms with Crippen LogP contribution in [0.1, 0.15) is 142 Å². The van der Waals surface area contributed by atoms with E-state index in [-0.39, 0.29) is 26.2 Å². The Kier molecular flexibility index (Phi) is 26.5. The Morgan fingerprint density at radius 2 is 0.667 bits per heavy atom. The average molecular weight is 622 g/mol. The van der Waals surface area contributed by atoms with Crippen LogP contribution in [0.2, 0.25) is 0 Å². The first-order valence-electron chi connectivity index (χ1n) is 16.0. The van der Waals surface area contributed by atoms with Crippen molar-refractivity contribution in [2.24, 2.45) is 9.98 Å². The first kappa shape index (κ1) is 38.7. The second kappa shape index (κ2) is 26.6. The molecule has 7 heteroatoms. The van der Waals surface area contributed by atoms with Crippen LogP contribution in [-0.2, 0) is 26.2 Å². The molecular weight excluding hydrogens is 560 g/mol. The average Bonchev–Trinajstić information content (AvgIpc) is 2.92. The van der Waals surface area contributed by atoms with Crippen LogP contribution in [0, 0.1) is 0 Å². The molecule has 0 atom stereocenters. The van der Waals surface area contributed by atoms with Crippen LogP contribution in [0.4, 0.5) is 0 Å². The zero-order valence-corrected chi connectivity index (χ0v) is 29.1. The minimum Gasteiger partial charge on any atom is -0.668 e. The van der Waals surface area contributed by atoms with Crippen molar-refractivity contribution in [1.29, 1.82) is 0 Å². The van der Waals surface area contributed by atoms with Gasteiger partial charge >= 0.3 is 26.2 Å². The molecule has 4 aliphatic rings. The molecule has 0 saturated heterocycles. The molecule has 224 valence electrons. The third kappa shape index (κ3) is 21.2. The summed E-state index contributed by atoms with van der Waals surface area (Å²) < 4.78 is 0. The van der Waals surface area contributed by atoms with E-state index in [1.54, 1.807) is 28.2 Å². The standard InChI is InChI=1S/2C14H25N2.2C2H6N.Zr/c2*1-12(15-13-8-4-2-5-9-13)16-14-10-6-3-7-11-14;2*1-3-2;/h2*13-14H,2-11H2,1H3;2*1-2H3;/q4*-1;+4. The molecule has 0 aromatic heterocycles. The van der Waals surface area contributed by atoms with Gasteiger partial charge in [0.25, 0.3) is 0 Å². The summed E-state index contributed by atoms with van der Waals surface area (Å²) in [5, 5.41) is 16.6. The summed E-state index contributed by atoms with van der Waals surface area (Å²) in [6, 6.07) is 2.34. The fourth-order valence-electron chi connectivity index (χ4n) is 5.96. The van der Waals surface area contributed by atoms with Gasteiger partial charge in [0, 0.05) is 0 Å². The van der Waals surface area contributed by atoms with Crippen LogP contribution in [0.25, 0.3) is 21.3 Å². The van der Waals surface area contributed by atoms with Crippen LogP contribution in [0.5, 0.6) is 0 Å². The van der Waals surface area contributed by atoms with Gasteiger partial charge in [0.05, 0.1) is 0 Å². The third-order valence-electron chi connectivity index (χ3n) is 7.78. The van der Waals surface area contributed by atoms with Gasteiger partial charge in [-0.2, -0.15) is 28.2 Å². The minimum atomic E-state index is 0. The van der Waals surface area contributed by atoms with Crippen LogP contribution in [-0.4, -0.2) is 64.0 Å². The van der Waals surface area contributed by atoms with Gasteiger partial charge in [0.2, 0.25) is 0 Å². The Balaban J connectivity index is 0.000000604. The number of hydrogen-bond donors (Lipinski definition) is 0. The van der Waals surface area contributed by atoms with E-state index in [2.05, 4.69) is 24.5 Å². The van der Waals surface area contributed by atoms with Crippen molar-refractivity contribution >= 4 is 11.7 Å². The first-order valence-corrected chi connectivity index (χ1v) is 16.0. The smallest absolute Gasteiger partial charge is 0.668 e. The molecule has 39 heavy (non-hydrogen) atoms. The summed E-state index contributed by atoms with van der Waals surface area (Å²) in [7, 11) is 7.00. The third-order valence-corrected chi connectivity index (χ3v) is 7.78. The van der Waals surface area contributed by atoms with Crippen molar-refractivity contribution in [3.8, 4) is 0 Å². The van der Waals surface area contributed by atoms with Gasteiger partial charge in [-0.1, -0.05) is 140 Å². The van der Waals surface area contributed by atoms with E-state index in [4.69, 9.17) is 20.6 Å². The summed E-state index contributed by atoms with van der Waals surface area (Å²) in [6.45, 7) is 4.20. The van der Waals surface area contributed by atoms with Crippen molar-refractivity contribution in [2.75, 3.05) is 28.2 Å². The number of aliphatic imine (C=N–C) groups is 2. The molecule has 4 fully saturated rings. The topological polar surface area (TPSA) is 81.1 Å². The Morgan fingerprint density at radius 1 is 0.436 bits per heavy atom. The van der Waals surface area contributed by atoms with E-state index in [1.807, 2.05) is 0 Å². The van der Waals surface area contributed by atoms with Gasteiger partial charge in [-0.25, -0.2) is 0 Å². The second-order valence-corrected chi connectivity index (χ2v) is 11.7. The van der Waals surface area contributed by atoms with Crippen LogP contribution in [0.3, 0.4) is 0 Å². The number of hydrogen-bond acceptors (Lipinski definition) is 2. The van der Waals surface area contributed by atoms with E-state index in [0.717, 1.165) is 11.7 Å². The summed E-state index contributed by atoms with van der Waals surface area (Å²) in [6.07, 6.45) is 26.9. The maximum Gasteiger partial charge on any atom is 4.00 e. The Bertz CT molecular complexity index is 535. The van der Waals surface area contributed by atoms with E-state index >= 15 is 0 Å². The molecule has 0 amide bonds. The largest absolute Gasteiger partial charge is 4.00 e. The predicted octanol–water partition coefficient (Wildman–Crippen LogP) is 10.1. The SMILES string of the molecule is CC(=NC1CCCCC1)[N-]C1CCCCC1.CC(=NC1CCCCC1)[N-]C1CCCCC1.C[N-]C.C[N-]C.[Zr+4]. The molecule has 0 heterocycles. The van der Waals surface area contributed by atoms with E-state index in [1.165, 1.54) is 128 Å². The van der Waals surface area contributed by atoms with Crippen molar-refractivity contribution in [3.05, 3.63) is 21.3 Å².